The Hall–Kier alpha value is -2.92. The maximum absolute atomic E-state index is 10.5. The summed E-state index contributed by atoms with van der Waals surface area (Å²) in [6.45, 7) is 1.03. The lowest BCUT2D eigenvalue weighted by Crippen LogP contribution is -2.15. The molecule has 4 aromatic rings. The molecule has 2 aromatic carbocycles. The summed E-state index contributed by atoms with van der Waals surface area (Å²) in [5.41, 5.74) is 5.48. The van der Waals surface area contributed by atoms with Crippen LogP contribution in [0.15, 0.2) is 48.7 Å². The molecule has 0 bridgehead atoms. The number of aromatic amines is 2. The Bertz CT molecular complexity index is 1130. The lowest BCUT2D eigenvalue weighted by Gasteiger charge is -2.11. The van der Waals surface area contributed by atoms with E-state index >= 15 is 0 Å². The Balaban J connectivity index is 0.000000139. The molecule has 144 valence electrons. The van der Waals surface area contributed by atoms with E-state index in [1.165, 1.54) is 22.2 Å². The molecule has 1 aliphatic heterocycles. The van der Waals surface area contributed by atoms with Gasteiger partial charge in [-0.15, -0.1) is 11.6 Å². The molecule has 2 aromatic heterocycles. The Kier molecular flexibility index (Phi) is 5.01. The molecule has 0 spiro atoms. The van der Waals surface area contributed by atoms with E-state index in [0.717, 1.165) is 29.5 Å². The van der Waals surface area contributed by atoms with Crippen molar-refractivity contribution in [3.8, 4) is 5.75 Å². The highest BCUT2D eigenvalue weighted by Crippen LogP contribution is 2.40. The largest absolute Gasteiger partial charge is 0.497 e. The van der Waals surface area contributed by atoms with E-state index in [9.17, 15) is 4.79 Å². The van der Waals surface area contributed by atoms with Gasteiger partial charge in [-0.3, -0.25) is 4.79 Å². The smallest absolute Gasteiger partial charge is 0.166 e. The second-order valence-corrected chi connectivity index (χ2v) is 7.27. The van der Waals surface area contributed by atoms with Crippen LogP contribution >= 0.6 is 11.6 Å². The van der Waals surface area contributed by atoms with Crippen LogP contribution in [0.5, 0.6) is 5.75 Å². The lowest BCUT2D eigenvalue weighted by molar-refractivity contribution is 0.112. The predicted molar refractivity (Wildman–Crippen MR) is 115 cm³/mol. The van der Waals surface area contributed by atoms with Crippen molar-refractivity contribution in [3.63, 3.8) is 0 Å². The molecule has 5 rings (SSSR count). The minimum absolute atomic E-state index is 0.464. The van der Waals surface area contributed by atoms with E-state index in [1.54, 1.807) is 13.2 Å². The zero-order chi connectivity index (χ0) is 19.7. The Morgan fingerprint density at radius 2 is 2.04 bits per heavy atom. The van der Waals surface area contributed by atoms with Crippen LogP contribution in [0.3, 0.4) is 0 Å². The standard InChI is InChI=1S/C12H13ClN2.C10H9NO2/c1-15-7-8(6-13)12-9-4-5-14-10(9)2-3-11(12)15;1-13-9-2-3-10-7(5-9)4-8(6-12)11-10/h2-5,8,14H,6-7H2,1H3;2-6,11H,1H3. The van der Waals surface area contributed by atoms with Gasteiger partial charge in [-0.2, -0.15) is 0 Å². The number of alkyl halides is 1. The fourth-order valence-corrected chi connectivity index (χ4v) is 4.13. The summed E-state index contributed by atoms with van der Waals surface area (Å²) < 4.78 is 5.06. The van der Waals surface area contributed by atoms with Crippen molar-refractivity contribution in [1.82, 2.24) is 9.97 Å². The van der Waals surface area contributed by atoms with Crippen molar-refractivity contribution < 1.29 is 9.53 Å². The van der Waals surface area contributed by atoms with Gasteiger partial charge in [0.25, 0.3) is 0 Å². The molecular weight excluding hydrogens is 374 g/mol. The molecule has 0 saturated heterocycles. The number of hydrogen-bond donors (Lipinski definition) is 2. The number of aldehydes is 1. The highest BCUT2D eigenvalue weighted by molar-refractivity contribution is 6.18. The number of likely N-dealkylation sites (N-methyl/N-ethyl adjacent to an activating group) is 1. The first kappa shape index (κ1) is 18.4. The number of ether oxygens (including phenoxy) is 1. The van der Waals surface area contributed by atoms with E-state index in [-0.39, 0.29) is 0 Å². The van der Waals surface area contributed by atoms with Crippen molar-refractivity contribution in [3.05, 3.63) is 59.9 Å². The van der Waals surface area contributed by atoms with E-state index in [2.05, 4.69) is 40.1 Å². The van der Waals surface area contributed by atoms with Crippen molar-refractivity contribution in [2.24, 2.45) is 0 Å². The minimum Gasteiger partial charge on any atom is -0.497 e. The Morgan fingerprint density at radius 3 is 2.79 bits per heavy atom. The molecule has 1 atom stereocenters. The fraction of sp³-hybridized carbons (Fsp3) is 0.227. The molecule has 1 aliphatic rings. The number of halogens is 1. The van der Waals surface area contributed by atoms with Gasteiger partial charge >= 0.3 is 0 Å². The van der Waals surface area contributed by atoms with Gasteiger partial charge in [0.15, 0.2) is 6.29 Å². The molecule has 5 nitrogen and oxygen atoms in total. The maximum Gasteiger partial charge on any atom is 0.166 e. The zero-order valence-corrected chi connectivity index (χ0v) is 16.6. The summed E-state index contributed by atoms with van der Waals surface area (Å²) in [6.07, 6.45) is 2.79. The number of hydrogen-bond acceptors (Lipinski definition) is 3. The third-order valence-electron chi connectivity index (χ3n) is 5.23. The number of nitrogens with one attached hydrogen (secondary N) is 2. The van der Waals surface area contributed by atoms with Crippen LogP contribution in [-0.4, -0.2) is 42.8 Å². The number of anilines is 1. The van der Waals surface area contributed by atoms with Gasteiger partial charge in [0.05, 0.1) is 12.8 Å². The van der Waals surface area contributed by atoms with Crippen LogP contribution in [0.1, 0.15) is 22.0 Å². The van der Waals surface area contributed by atoms with Crippen LogP contribution in [0.2, 0.25) is 0 Å². The molecule has 0 saturated carbocycles. The van der Waals surface area contributed by atoms with Crippen LogP contribution in [0, 0.1) is 0 Å². The number of fused-ring (bicyclic) bond motifs is 4. The molecule has 3 heterocycles. The Morgan fingerprint density at radius 1 is 1.21 bits per heavy atom. The number of rotatable bonds is 3. The van der Waals surface area contributed by atoms with Crippen molar-refractivity contribution >= 4 is 45.4 Å². The van der Waals surface area contributed by atoms with Crippen LogP contribution in [0.4, 0.5) is 5.69 Å². The Labute approximate surface area is 168 Å². The summed E-state index contributed by atoms with van der Waals surface area (Å²) in [7, 11) is 3.75. The van der Waals surface area contributed by atoms with Gasteiger partial charge in [-0.1, -0.05) is 0 Å². The van der Waals surface area contributed by atoms with E-state index < -0.39 is 0 Å². The van der Waals surface area contributed by atoms with Crippen molar-refractivity contribution in [2.75, 3.05) is 31.5 Å². The first-order valence-electron chi connectivity index (χ1n) is 9.13. The van der Waals surface area contributed by atoms with Crippen LogP contribution in [0.25, 0.3) is 21.8 Å². The van der Waals surface area contributed by atoms with Crippen LogP contribution in [-0.2, 0) is 0 Å². The van der Waals surface area contributed by atoms with Gasteiger partial charge in [-0.05, 0) is 48.0 Å². The predicted octanol–water partition coefficient (Wildman–Crippen LogP) is 4.93. The average molecular weight is 396 g/mol. The van der Waals surface area contributed by atoms with E-state index in [1.807, 2.05) is 24.4 Å². The molecule has 2 N–H and O–H groups in total. The van der Waals surface area contributed by atoms with Gasteiger partial charge in [0.2, 0.25) is 0 Å². The van der Waals surface area contributed by atoms with Gasteiger partial charge in [0.1, 0.15) is 5.75 Å². The number of carbonyl (C=O) groups excluding carboxylic acids is 1. The molecule has 0 aliphatic carbocycles. The van der Waals surface area contributed by atoms with Crippen molar-refractivity contribution in [2.45, 2.75) is 5.92 Å². The minimum atomic E-state index is 0.464. The number of aromatic nitrogens is 2. The summed E-state index contributed by atoms with van der Waals surface area (Å²) in [5, 5.41) is 2.31. The number of nitrogens with zero attached hydrogens (tertiary/aromatic N) is 1. The lowest BCUT2D eigenvalue weighted by atomic mass is 9.99. The average Bonchev–Trinajstić information content (AvgIpc) is 3.43. The van der Waals surface area contributed by atoms with Gasteiger partial charge < -0.3 is 19.6 Å². The molecule has 6 heteroatoms. The quantitative estimate of drug-likeness (QED) is 0.382. The first-order valence-corrected chi connectivity index (χ1v) is 9.67. The van der Waals surface area contributed by atoms with Crippen molar-refractivity contribution in [1.29, 1.82) is 0 Å². The van der Waals surface area contributed by atoms with Crippen LogP contribution < -0.4 is 9.64 Å². The molecule has 1 unspecified atom stereocenters. The second kappa shape index (κ2) is 7.60. The number of H-pyrrole nitrogens is 2. The second-order valence-electron chi connectivity index (χ2n) is 6.96. The summed E-state index contributed by atoms with van der Waals surface area (Å²) >= 11 is 6.03. The van der Waals surface area contributed by atoms with Gasteiger partial charge in [0, 0.05) is 59.1 Å². The molecule has 0 fully saturated rings. The highest BCUT2D eigenvalue weighted by Gasteiger charge is 2.27. The maximum atomic E-state index is 10.5. The topological polar surface area (TPSA) is 61.1 Å². The summed E-state index contributed by atoms with van der Waals surface area (Å²) in [6, 6.07) is 13.9. The number of benzene rings is 2. The molecular formula is C22H22ClN3O2. The van der Waals surface area contributed by atoms with E-state index in [0.29, 0.717) is 17.5 Å². The van der Waals surface area contributed by atoms with E-state index in [4.69, 9.17) is 16.3 Å². The SMILES string of the molecule is CN1CC(CCl)c2c1ccc1[nH]ccc21.COc1ccc2[nH]c(C=O)cc2c1. The molecule has 0 radical (unpaired) electrons. The number of carbonyl (C=O) groups is 1. The molecule has 0 amide bonds. The fourth-order valence-electron chi connectivity index (χ4n) is 3.88. The zero-order valence-electron chi connectivity index (χ0n) is 15.8. The number of methoxy groups -OCH3 is 1. The summed E-state index contributed by atoms with van der Waals surface area (Å²) in [4.78, 5) is 19.0. The summed E-state index contributed by atoms with van der Waals surface area (Å²) in [5.74, 6) is 1.96. The monoisotopic (exact) mass is 395 g/mol. The first-order chi connectivity index (χ1) is 13.6. The highest BCUT2D eigenvalue weighted by atomic mass is 35.5. The normalized spacial score (nSPS) is 15.4. The third kappa shape index (κ3) is 3.22. The third-order valence-corrected chi connectivity index (χ3v) is 5.60. The van der Waals surface area contributed by atoms with Gasteiger partial charge in [-0.25, -0.2) is 0 Å². The molecule has 28 heavy (non-hydrogen) atoms.